The number of hydrogen-bond acceptors (Lipinski definition) is 3. The van der Waals surface area contributed by atoms with Crippen molar-refractivity contribution in [2.24, 2.45) is 5.92 Å². The van der Waals surface area contributed by atoms with Crippen LogP contribution in [0.25, 0.3) is 0 Å². The van der Waals surface area contributed by atoms with Crippen LogP contribution in [0.15, 0.2) is 30.3 Å². The number of carbonyl (C=O) groups is 2. The van der Waals surface area contributed by atoms with Crippen LogP contribution in [-0.2, 0) is 16.0 Å². The van der Waals surface area contributed by atoms with Crippen molar-refractivity contribution in [1.82, 2.24) is 4.90 Å². The van der Waals surface area contributed by atoms with Crippen molar-refractivity contribution in [3.8, 4) is 5.75 Å². The van der Waals surface area contributed by atoms with Gasteiger partial charge < -0.3 is 15.0 Å². The standard InChI is InChI=1S/C22H25ClN2O3/c1-13-7-14(2)21(15(3)8-13)24-20(26)11-25(4)22(27)17-9-16-10-18(23)5-6-19(16)28-12-17/h5-8,10,17H,9,11-12H2,1-4H3,(H,24,26)/t17-/m0/s1. The lowest BCUT2D eigenvalue weighted by Crippen LogP contribution is -2.42. The fourth-order valence-electron chi connectivity index (χ4n) is 3.68. The summed E-state index contributed by atoms with van der Waals surface area (Å²) in [4.78, 5) is 26.7. The molecule has 0 saturated heterocycles. The summed E-state index contributed by atoms with van der Waals surface area (Å²) in [5, 5.41) is 3.55. The van der Waals surface area contributed by atoms with Gasteiger partial charge in [0.1, 0.15) is 12.4 Å². The van der Waals surface area contributed by atoms with Crippen molar-refractivity contribution < 1.29 is 14.3 Å². The highest BCUT2D eigenvalue weighted by Crippen LogP contribution is 2.30. The number of fused-ring (bicyclic) bond motifs is 1. The molecular formula is C22H25ClN2O3. The van der Waals surface area contributed by atoms with Crippen LogP contribution in [0.2, 0.25) is 5.02 Å². The lowest BCUT2D eigenvalue weighted by atomic mass is 9.95. The van der Waals surface area contributed by atoms with Crippen LogP contribution in [0.3, 0.4) is 0 Å². The molecule has 0 spiro atoms. The van der Waals surface area contributed by atoms with Gasteiger partial charge in [-0.05, 0) is 62.1 Å². The van der Waals surface area contributed by atoms with E-state index in [4.69, 9.17) is 16.3 Å². The maximum Gasteiger partial charge on any atom is 0.243 e. The normalized spacial score (nSPS) is 15.4. The summed E-state index contributed by atoms with van der Waals surface area (Å²) < 4.78 is 5.70. The van der Waals surface area contributed by atoms with Crippen molar-refractivity contribution in [3.63, 3.8) is 0 Å². The zero-order chi connectivity index (χ0) is 20.4. The first-order valence-corrected chi connectivity index (χ1v) is 9.66. The molecule has 0 radical (unpaired) electrons. The molecule has 0 saturated carbocycles. The minimum Gasteiger partial charge on any atom is -0.492 e. The lowest BCUT2D eigenvalue weighted by Gasteiger charge is -2.28. The van der Waals surface area contributed by atoms with E-state index < -0.39 is 0 Å². The van der Waals surface area contributed by atoms with Crippen LogP contribution in [-0.4, -0.2) is 36.9 Å². The van der Waals surface area contributed by atoms with Gasteiger partial charge in [0.15, 0.2) is 0 Å². The topological polar surface area (TPSA) is 58.6 Å². The summed E-state index contributed by atoms with van der Waals surface area (Å²) >= 11 is 6.04. The van der Waals surface area contributed by atoms with Crippen LogP contribution in [0.1, 0.15) is 22.3 Å². The summed E-state index contributed by atoms with van der Waals surface area (Å²) in [6, 6.07) is 9.47. The minimum atomic E-state index is -0.327. The fraction of sp³-hybridized carbons (Fsp3) is 0.364. The van der Waals surface area contributed by atoms with Crippen molar-refractivity contribution in [2.45, 2.75) is 27.2 Å². The summed E-state index contributed by atoms with van der Waals surface area (Å²) in [5.74, 6) is 0.106. The summed E-state index contributed by atoms with van der Waals surface area (Å²) in [7, 11) is 1.64. The lowest BCUT2D eigenvalue weighted by molar-refractivity contribution is -0.138. The molecule has 1 heterocycles. The third-order valence-corrected chi connectivity index (χ3v) is 5.21. The summed E-state index contributed by atoms with van der Waals surface area (Å²) in [5.41, 5.74) is 4.89. The predicted octanol–water partition coefficient (Wildman–Crippen LogP) is 3.91. The molecule has 3 rings (SSSR count). The molecule has 1 aliphatic heterocycles. The number of nitrogens with one attached hydrogen (secondary N) is 1. The number of rotatable bonds is 4. The molecule has 0 fully saturated rings. The Morgan fingerprint density at radius 2 is 1.86 bits per heavy atom. The number of amides is 2. The average Bonchev–Trinajstić information content (AvgIpc) is 2.63. The molecule has 2 aromatic carbocycles. The molecule has 2 aromatic rings. The predicted molar refractivity (Wildman–Crippen MR) is 111 cm³/mol. The minimum absolute atomic E-state index is 0.00943. The van der Waals surface area contributed by atoms with Crippen LogP contribution in [0, 0.1) is 26.7 Å². The van der Waals surface area contributed by atoms with E-state index in [1.807, 2.05) is 45.0 Å². The Kier molecular flexibility index (Phi) is 5.94. The van der Waals surface area contributed by atoms with E-state index in [9.17, 15) is 9.59 Å². The molecule has 28 heavy (non-hydrogen) atoms. The SMILES string of the molecule is Cc1cc(C)c(NC(=O)CN(C)C(=O)[C@@H]2COc3ccc(Cl)cc3C2)c(C)c1. The highest BCUT2D eigenvalue weighted by molar-refractivity contribution is 6.30. The maximum atomic E-state index is 12.8. The van der Waals surface area contributed by atoms with Crippen molar-refractivity contribution >= 4 is 29.1 Å². The number of aryl methyl sites for hydroxylation is 3. The third-order valence-electron chi connectivity index (χ3n) is 4.98. The van der Waals surface area contributed by atoms with Gasteiger partial charge in [0.05, 0.1) is 12.5 Å². The Hall–Kier alpha value is -2.53. The quantitative estimate of drug-likeness (QED) is 0.846. The molecule has 148 valence electrons. The van der Waals surface area contributed by atoms with Gasteiger partial charge in [-0.2, -0.15) is 0 Å². The molecule has 0 aliphatic carbocycles. The van der Waals surface area contributed by atoms with Crippen LogP contribution >= 0.6 is 11.6 Å². The zero-order valence-electron chi connectivity index (χ0n) is 16.6. The Morgan fingerprint density at radius 3 is 2.54 bits per heavy atom. The summed E-state index contributed by atoms with van der Waals surface area (Å²) in [6.45, 7) is 6.24. The van der Waals surface area contributed by atoms with Crippen LogP contribution < -0.4 is 10.1 Å². The number of likely N-dealkylation sites (N-methyl/N-ethyl adjacent to an activating group) is 1. The van der Waals surface area contributed by atoms with Crippen LogP contribution in [0.4, 0.5) is 5.69 Å². The number of anilines is 1. The Labute approximate surface area is 170 Å². The molecule has 1 atom stereocenters. The van der Waals surface area contributed by atoms with Crippen LogP contribution in [0.5, 0.6) is 5.75 Å². The average molecular weight is 401 g/mol. The molecule has 5 nitrogen and oxygen atoms in total. The molecule has 0 aromatic heterocycles. The van der Waals surface area contributed by atoms with Gasteiger partial charge in [-0.1, -0.05) is 29.3 Å². The first kappa shape index (κ1) is 20.2. The number of benzene rings is 2. The van der Waals surface area contributed by atoms with Crippen molar-refractivity contribution in [3.05, 3.63) is 57.6 Å². The molecule has 0 bridgehead atoms. The van der Waals surface area contributed by atoms with E-state index in [-0.39, 0.29) is 24.3 Å². The second-order valence-electron chi connectivity index (χ2n) is 7.48. The highest BCUT2D eigenvalue weighted by atomic mass is 35.5. The third kappa shape index (κ3) is 4.47. The van der Waals surface area contributed by atoms with Gasteiger partial charge in [0.25, 0.3) is 0 Å². The van der Waals surface area contributed by atoms with E-state index in [1.165, 1.54) is 4.90 Å². The Bertz CT molecular complexity index is 903. The van der Waals surface area contributed by atoms with E-state index in [1.54, 1.807) is 13.1 Å². The number of ether oxygens (including phenoxy) is 1. The Balaban J connectivity index is 1.62. The molecule has 1 aliphatic rings. The summed E-state index contributed by atoms with van der Waals surface area (Å²) in [6.07, 6.45) is 0.552. The Morgan fingerprint density at radius 1 is 1.18 bits per heavy atom. The molecule has 2 amide bonds. The first-order chi connectivity index (χ1) is 13.2. The first-order valence-electron chi connectivity index (χ1n) is 9.28. The second kappa shape index (κ2) is 8.23. The van der Waals surface area contributed by atoms with E-state index in [0.717, 1.165) is 33.7 Å². The fourth-order valence-corrected chi connectivity index (χ4v) is 3.88. The van der Waals surface area contributed by atoms with Gasteiger partial charge in [0, 0.05) is 17.8 Å². The van der Waals surface area contributed by atoms with E-state index >= 15 is 0 Å². The van der Waals surface area contributed by atoms with Gasteiger partial charge in [0.2, 0.25) is 11.8 Å². The number of carbonyl (C=O) groups excluding carboxylic acids is 2. The smallest absolute Gasteiger partial charge is 0.243 e. The zero-order valence-corrected chi connectivity index (χ0v) is 17.4. The number of hydrogen-bond donors (Lipinski definition) is 1. The largest absolute Gasteiger partial charge is 0.492 e. The van der Waals surface area contributed by atoms with E-state index in [2.05, 4.69) is 5.32 Å². The van der Waals surface area contributed by atoms with Crippen molar-refractivity contribution in [2.75, 3.05) is 25.5 Å². The highest BCUT2D eigenvalue weighted by Gasteiger charge is 2.29. The molecule has 6 heteroatoms. The monoisotopic (exact) mass is 400 g/mol. The number of halogens is 1. The molecule has 1 N–H and O–H groups in total. The second-order valence-corrected chi connectivity index (χ2v) is 7.92. The van der Waals surface area contributed by atoms with Crippen molar-refractivity contribution in [1.29, 1.82) is 0 Å². The molecular weight excluding hydrogens is 376 g/mol. The van der Waals surface area contributed by atoms with E-state index in [0.29, 0.717) is 18.1 Å². The van der Waals surface area contributed by atoms with Gasteiger partial charge in [-0.3, -0.25) is 9.59 Å². The van der Waals surface area contributed by atoms with Gasteiger partial charge in [-0.15, -0.1) is 0 Å². The maximum absolute atomic E-state index is 12.8. The van der Waals surface area contributed by atoms with Gasteiger partial charge >= 0.3 is 0 Å². The molecule has 0 unspecified atom stereocenters. The number of nitrogens with zero attached hydrogens (tertiary/aromatic N) is 1. The van der Waals surface area contributed by atoms with Gasteiger partial charge in [-0.25, -0.2) is 0 Å².